The molecule has 1 fully saturated rings. The minimum atomic E-state index is -2.77. The molecule has 2 rings (SSSR count). The highest BCUT2D eigenvalue weighted by molar-refractivity contribution is 5.53. The van der Waals surface area contributed by atoms with E-state index in [1.165, 1.54) is 6.07 Å². The number of anilines is 1. The molecule has 4 heteroatoms. The summed E-state index contributed by atoms with van der Waals surface area (Å²) in [6.07, 6.45) is 1.07. The van der Waals surface area contributed by atoms with Gasteiger partial charge in [-0.2, -0.15) is 0 Å². The average Bonchev–Trinajstić information content (AvgIpc) is 2.72. The molecule has 1 saturated heterocycles. The van der Waals surface area contributed by atoms with Gasteiger partial charge in [0, 0.05) is 30.8 Å². The zero-order valence-corrected chi connectivity index (χ0v) is 10.2. The Morgan fingerprint density at radius 1 is 1.41 bits per heavy atom. The molecular weight excluding hydrogens is 222 g/mol. The van der Waals surface area contributed by atoms with Crippen LogP contribution < -0.4 is 10.6 Å². The van der Waals surface area contributed by atoms with Gasteiger partial charge in [-0.3, -0.25) is 0 Å². The highest BCUT2D eigenvalue weighted by Crippen LogP contribution is 2.30. The Morgan fingerprint density at radius 2 is 2.18 bits per heavy atom. The summed E-state index contributed by atoms with van der Waals surface area (Å²) in [4.78, 5) is 0. The van der Waals surface area contributed by atoms with E-state index in [-0.39, 0.29) is 5.56 Å². The van der Waals surface area contributed by atoms with Crippen molar-refractivity contribution in [1.29, 1.82) is 0 Å². The lowest BCUT2D eigenvalue weighted by Gasteiger charge is -2.17. The molecule has 1 aliphatic rings. The molecule has 0 spiro atoms. The molecule has 1 atom stereocenters. The molecule has 1 aromatic rings. The van der Waals surface area contributed by atoms with Crippen molar-refractivity contribution >= 4 is 5.69 Å². The van der Waals surface area contributed by atoms with Crippen molar-refractivity contribution in [2.45, 2.75) is 32.2 Å². The summed E-state index contributed by atoms with van der Waals surface area (Å²) < 4.78 is 26.3. The number of alkyl halides is 2. The highest BCUT2D eigenvalue weighted by atomic mass is 19.3. The Balaban J connectivity index is 2.14. The summed E-state index contributed by atoms with van der Waals surface area (Å²) in [7, 11) is 0. The fraction of sp³-hybridized carbons (Fsp3) is 0.538. The number of halogens is 2. The predicted octanol–water partition coefficient (Wildman–Crippen LogP) is 2.88. The number of nitrogens with one attached hydrogen (secondary N) is 2. The molecule has 1 heterocycles. The van der Waals surface area contributed by atoms with Crippen LogP contribution in [0.15, 0.2) is 18.2 Å². The van der Waals surface area contributed by atoms with E-state index in [1.807, 2.05) is 6.92 Å². The zero-order valence-electron chi connectivity index (χ0n) is 10.2. The Bertz CT molecular complexity index is 393. The van der Waals surface area contributed by atoms with Gasteiger partial charge in [0.1, 0.15) is 0 Å². The number of hydrogen-bond donors (Lipinski definition) is 2. The number of hydrogen-bond acceptors (Lipinski definition) is 2. The first-order valence-electron chi connectivity index (χ1n) is 5.93. The number of benzene rings is 1. The second kappa shape index (κ2) is 4.61. The first-order valence-corrected chi connectivity index (χ1v) is 5.93. The largest absolute Gasteiger partial charge is 0.381 e. The molecule has 0 bridgehead atoms. The van der Waals surface area contributed by atoms with Crippen LogP contribution in [-0.2, 0) is 5.92 Å². The molecule has 2 nitrogen and oxygen atoms in total. The van der Waals surface area contributed by atoms with Gasteiger partial charge in [-0.25, -0.2) is 8.78 Å². The second-order valence-corrected chi connectivity index (χ2v) is 4.75. The monoisotopic (exact) mass is 240 g/mol. The third kappa shape index (κ3) is 2.94. The fourth-order valence-electron chi connectivity index (χ4n) is 2.10. The van der Waals surface area contributed by atoms with E-state index in [9.17, 15) is 8.78 Å². The standard InChI is InChI=1S/C13H18F2N2/c1-9-7-10(13(2,14)15)3-4-12(9)17-11-5-6-16-8-11/h3-4,7,11,16-17H,5-6,8H2,1-2H3. The summed E-state index contributed by atoms with van der Waals surface area (Å²) in [5.74, 6) is -2.77. The summed E-state index contributed by atoms with van der Waals surface area (Å²) >= 11 is 0. The fourth-order valence-corrected chi connectivity index (χ4v) is 2.10. The summed E-state index contributed by atoms with van der Waals surface area (Å²) in [6, 6.07) is 5.21. The molecule has 0 saturated carbocycles. The van der Waals surface area contributed by atoms with Crippen LogP contribution >= 0.6 is 0 Å². The van der Waals surface area contributed by atoms with Crippen molar-refractivity contribution in [3.63, 3.8) is 0 Å². The smallest absolute Gasteiger partial charge is 0.270 e. The lowest BCUT2D eigenvalue weighted by molar-refractivity contribution is 0.0174. The van der Waals surface area contributed by atoms with Crippen molar-refractivity contribution in [2.24, 2.45) is 0 Å². The maximum atomic E-state index is 13.1. The van der Waals surface area contributed by atoms with E-state index in [1.54, 1.807) is 12.1 Å². The molecule has 0 aliphatic carbocycles. The Morgan fingerprint density at radius 3 is 2.71 bits per heavy atom. The van der Waals surface area contributed by atoms with Crippen LogP contribution in [0.2, 0.25) is 0 Å². The first kappa shape index (κ1) is 12.3. The Labute approximate surface area is 100 Å². The van der Waals surface area contributed by atoms with Gasteiger partial charge >= 0.3 is 0 Å². The van der Waals surface area contributed by atoms with Gasteiger partial charge in [0.2, 0.25) is 0 Å². The van der Waals surface area contributed by atoms with Crippen molar-refractivity contribution in [3.8, 4) is 0 Å². The summed E-state index contributed by atoms with van der Waals surface area (Å²) in [6.45, 7) is 4.74. The number of aryl methyl sites for hydroxylation is 1. The molecule has 0 aromatic heterocycles. The number of rotatable bonds is 3. The maximum Gasteiger partial charge on any atom is 0.270 e. The minimum absolute atomic E-state index is 0.0742. The van der Waals surface area contributed by atoms with Crippen molar-refractivity contribution in [1.82, 2.24) is 5.32 Å². The van der Waals surface area contributed by atoms with Gasteiger partial charge in [-0.05, 0) is 37.6 Å². The molecule has 1 aromatic carbocycles. The maximum absolute atomic E-state index is 13.1. The highest BCUT2D eigenvalue weighted by Gasteiger charge is 2.24. The van der Waals surface area contributed by atoms with E-state index in [2.05, 4.69) is 10.6 Å². The van der Waals surface area contributed by atoms with Crippen LogP contribution in [0.3, 0.4) is 0 Å². The molecular formula is C13H18F2N2. The van der Waals surface area contributed by atoms with Gasteiger partial charge in [0.25, 0.3) is 5.92 Å². The minimum Gasteiger partial charge on any atom is -0.381 e. The average molecular weight is 240 g/mol. The molecule has 2 N–H and O–H groups in total. The zero-order chi connectivity index (χ0) is 12.5. The Kier molecular flexibility index (Phi) is 3.33. The molecule has 1 aliphatic heterocycles. The van der Waals surface area contributed by atoms with Gasteiger partial charge < -0.3 is 10.6 Å². The molecule has 0 radical (unpaired) electrons. The van der Waals surface area contributed by atoms with Gasteiger partial charge in [-0.1, -0.05) is 6.07 Å². The van der Waals surface area contributed by atoms with Crippen molar-refractivity contribution in [2.75, 3.05) is 18.4 Å². The van der Waals surface area contributed by atoms with Crippen LogP contribution in [-0.4, -0.2) is 19.1 Å². The van der Waals surface area contributed by atoms with Crippen LogP contribution in [0.25, 0.3) is 0 Å². The third-order valence-corrected chi connectivity index (χ3v) is 3.15. The van der Waals surface area contributed by atoms with Crippen LogP contribution in [0.1, 0.15) is 24.5 Å². The normalized spacial score (nSPS) is 20.6. The molecule has 1 unspecified atom stereocenters. The molecule has 94 valence electrons. The van der Waals surface area contributed by atoms with Crippen molar-refractivity contribution in [3.05, 3.63) is 29.3 Å². The van der Waals surface area contributed by atoms with E-state index in [0.29, 0.717) is 6.04 Å². The Hall–Kier alpha value is -1.16. The van der Waals surface area contributed by atoms with E-state index >= 15 is 0 Å². The quantitative estimate of drug-likeness (QED) is 0.849. The van der Waals surface area contributed by atoms with E-state index in [0.717, 1.165) is 37.7 Å². The third-order valence-electron chi connectivity index (χ3n) is 3.15. The molecule has 17 heavy (non-hydrogen) atoms. The second-order valence-electron chi connectivity index (χ2n) is 4.75. The van der Waals surface area contributed by atoms with E-state index in [4.69, 9.17) is 0 Å². The van der Waals surface area contributed by atoms with Crippen molar-refractivity contribution < 1.29 is 8.78 Å². The lowest BCUT2D eigenvalue weighted by atomic mass is 10.0. The summed E-state index contributed by atoms with van der Waals surface area (Å²) in [5.41, 5.74) is 1.90. The van der Waals surface area contributed by atoms with E-state index < -0.39 is 5.92 Å². The van der Waals surface area contributed by atoms with Gasteiger partial charge in [0.15, 0.2) is 0 Å². The van der Waals surface area contributed by atoms with Gasteiger partial charge in [0.05, 0.1) is 0 Å². The topological polar surface area (TPSA) is 24.1 Å². The SMILES string of the molecule is Cc1cc(C(C)(F)F)ccc1NC1CCNC1. The van der Waals surface area contributed by atoms with Crippen LogP contribution in [0.4, 0.5) is 14.5 Å². The lowest BCUT2D eigenvalue weighted by Crippen LogP contribution is -2.22. The first-order chi connectivity index (χ1) is 7.97. The molecule has 0 amide bonds. The summed E-state index contributed by atoms with van der Waals surface area (Å²) in [5, 5.41) is 6.65. The van der Waals surface area contributed by atoms with Gasteiger partial charge in [-0.15, -0.1) is 0 Å². The predicted molar refractivity (Wildman–Crippen MR) is 65.6 cm³/mol. The van der Waals surface area contributed by atoms with Crippen LogP contribution in [0, 0.1) is 6.92 Å². The van der Waals surface area contributed by atoms with Crippen LogP contribution in [0.5, 0.6) is 0 Å².